The molecule has 2 heteroatoms. The summed E-state index contributed by atoms with van der Waals surface area (Å²) < 4.78 is 1.78. The van der Waals surface area contributed by atoms with Crippen LogP contribution in [0.1, 0.15) is 21.6 Å². The molecule has 3 aromatic rings. The van der Waals surface area contributed by atoms with Crippen LogP contribution in [0.4, 0.5) is 0 Å². The van der Waals surface area contributed by atoms with E-state index >= 15 is 0 Å². The van der Waals surface area contributed by atoms with Gasteiger partial charge in [-0.25, -0.2) is 0 Å². The van der Waals surface area contributed by atoms with Gasteiger partial charge in [-0.3, -0.25) is 9.36 Å². The maximum absolute atomic E-state index is 12.8. The highest BCUT2D eigenvalue weighted by Crippen LogP contribution is 2.24. The Morgan fingerprint density at radius 3 is 2.14 bits per heavy atom. The van der Waals surface area contributed by atoms with Crippen molar-refractivity contribution in [3.63, 3.8) is 0 Å². The number of hydrogen-bond acceptors (Lipinski definition) is 1. The predicted octanol–water partition coefficient (Wildman–Crippen LogP) is 4.46. The van der Waals surface area contributed by atoms with Crippen molar-refractivity contribution in [2.24, 2.45) is 0 Å². The average Bonchev–Trinajstić information content (AvgIpc) is 2.90. The number of aromatic nitrogens is 1. The Kier molecular flexibility index (Phi) is 3.44. The first-order valence-corrected chi connectivity index (χ1v) is 7.02. The fourth-order valence-electron chi connectivity index (χ4n) is 2.47. The Morgan fingerprint density at radius 1 is 0.810 bits per heavy atom. The Balaban J connectivity index is 2.09. The molecule has 0 saturated heterocycles. The minimum absolute atomic E-state index is 0.00803. The molecule has 0 spiro atoms. The van der Waals surface area contributed by atoms with E-state index in [0.717, 1.165) is 17.0 Å². The lowest BCUT2D eigenvalue weighted by Gasteiger charge is -2.11. The molecule has 0 aliphatic carbocycles. The standard InChI is InChI=1S/C19H17NO/c1-14-8-11-16(12-9-14)18-13-10-15(2)20(18)19(21)17-6-4-3-5-7-17/h3-13H,1-2H3. The summed E-state index contributed by atoms with van der Waals surface area (Å²) >= 11 is 0. The Morgan fingerprint density at radius 2 is 1.48 bits per heavy atom. The van der Waals surface area contributed by atoms with Crippen LogP contribution >= 0.6 is 0 Å². The number of hydrogen-bond donors (Lipinski definition) is 0. The number of rotatable bonds is 2. The molecule has 21 heavy (non-hydrogen) atoms. The number of nitrogens with zero attached hydrogens (tertiary/aromatic N) is 1. The van der Waals surface area contributed by atoms with Gasteiger partial charge in [0.1, 0.15) is 0 Å². The number of carbonyl (C=O) groups excluding carboxylic acids is 1. The topological polar surface area (TPSA) is 22.0 Å². The molecule has 1 heterocycles. The van der Waals surface area contributed by atoms with E-state index in [-0.39, 0.29) is 5.91 Å². The van der Waals surface area contributed by atoms with Gasteiger partial charge < -0.3 is 0 Å². The van der Waals surface area contributed by atoms with E-state index in [9.17, 15) is 4.79 Å². The van der Waals surface area contributed by atoms with Gasteiger partial charge in [-0.1, -0.05) is 48.0 Å². The number of aryl methyl sites for hydroxylation is 2. The van der Waals surface area contributed by atoms with E-state index in [1.54, 1.807) is 4.57 Å². The summed E-state index contributed by atoms with van der Waals surface area (Å²) in [6.07, 6.45) is 0. The summed E-state index contributed by atoms with van der Waals surface area (Å²) in [6.45, 7) is 4.02. The van der Waals surface area contributed by atoms with Crippen molar-refractivity contribution in [3.8, 4) is 11.3 Å². The SMILES string of the molecule is Cc1ccc(-c2ccc(C)n2C(=O)c2ccccc2)cc1. The fraction of sp³-hybridized carbons (Fsp3) is 0.105. The summed E-state index contributed by atoms with van der Waals surface area (Å²) in [5.74, 6) is 0.00803. The number of benzene rings is 2. The smallest absolute Gasteiger partial charge is 0.262 e. The number of carbonyl (C=O) groups is 1. The summed E-state index contributed by atoms with van der Waals surface area (Å²) in [4.78, 5) is 12.8. The van der Waals surface area contributed by atoms with Crippen LogP contribution in [0, 0.1) is 13.8 Å². The van der Waals surface area contributed by atoms with Crippen LogP contribution < -0.4 is 0 Å². The van der Waals surface area contributed by atoms with Crippen molar-refractivity contribution in [3.05, 3.63) is 83.6 Å². The van der Waals surface area contributed by atoms with E-state index in [0.29, 0.717) is 5.56 Å². The molecule has 1 aromatic heterocycles. The first-order chi connectivity index (χ1) is 10.2. The maximum Gasteiger partial charge on any atom is 0.262 e. The van der Waals surface area contributed by atoms with Crippen LogP contribution in [0.15, 0.2) is 66.7 Å². The molecule has 0 unspecified atom stereocenters. The molecule has 0 fully saturated rings. The lowest BCUT2D eigenvalue weighted by Crippen LogP contribution is -2.14. The maximum atomic E-state index is 12.8. The van der Waals surface area contributed by atoms with Crippen molar-refractivity contribution in [2.45, 2.75) is 13.8 Å². The highest BCUT2D eigenvalue weighted by Gasteiger charge is 2.15. The summed E-state index contributed by atoms with van der Waals surface area (Å²) in [7, 11) is 0. The Labute approximate surface area is 124 Å². The third kappa shape index (κ3) is 2.52. The molecule has 3 rings (SSSR count). The summed E-state index contributed by atoms with van der Waals surface area (Å²) in [6, 6.07) is 21.6. The van der Waals surface area contributed by atoms with Crippen molar-refractivity contribution in [1.82, 2.24) is 4.57 Å². The van der Waals surface area contributed by atoms with Crippen LogP contribution in [0.5, 0.6) is 0 Å². The monoisotopic (exact) mass is 275 g/mol. The molecule has 0 aliphatic heterocycles. The van der Waals surface area contributed by atoms with Gasteiger partial charge in [0.25, 0.3) is 5.91 Å². The first-order valence-electron chi connectivity index (χ1n) is 7.02. The second-order valence-corrected chi connectivity index (χ2v) is 5.23. The third-order valence-electron chi connectivity index (χ3n) is 3.65. The first kappa shape index (κ1) is 13.4. The van der Waals surface area contributed by atoms with Gasteiger partial charge in [-0.05, 0) is 43.7 Å². The lowest BCUT2D eigenvalue weighted by atomic mass is 10.1. The Bertz CT molecular complexity index is 767. The highest BCUT2D eigenvalue weighted by atomic mass is 16.2. The van der Waals surface area contributed by atoms with Gasteiger partial charge >= 0.3 is 0 Å². The fourth-order valence-corrected chi connectivity index (χ4v) is 2.47. The molecule has 0 bridgehead atoms. The van der Waals surface area contributed by atoms with Crippen molar-refractivity contribution in [1.29, 1.82) is 0 Å². The largest absolute Gasteiger partial charge is 0.280 e. The predicted molar refractivity (Wildman–Crippen MR) is 85.5 cm³/mol. The molecule has 2 aromatic carbocycles. The molecule has 0 aliphatic rings. The van der Waals surface area contributed by atoms with E-state index < -0.39 is 0 Å². The molecule has 0 atom stereocenters. The zero-order valence-corrected chi connectivity index (χ0v) is 12.2. The van der Waals surface area contributed by atoms with Gasteiger partial charge in [-0.2, -0.15) is 0 Å². The van der Waals surface area contributed by atoms with Gasteiger partial charge in [0, 0.05) is 11.3 Å². The van der Waals surface area contributed by atoms with Crippen LogP contribution in [-0.4, -0.2) is 10.5 Å². The highest BCUT2D eigenvalue weighted by molar-refractivity contribution is 5.99. The van der Waals surface area contributed by atoms with E-state index in [1.165, 1.54) is 5.56 Å². The van der Waals surface area contributed by atoms with E-state index in [1.807, 2.05) is 49.4 Å². The molecular formula is C19H17NO. The minimum Gasteiger partial charge on any atom is -0.280 e. The lowest BCUT2D eigenvalue weighted by molar-refractivity contribution is 0.0960. The van der Waals surface area contributed by atoms with Crippen molar-refractivity contribution in [2.75, 3.05) is 0 Å². The average molecular weight is 275 g/mol. The van der Waals surface area contributed by atoms with Crippen molar-refractivity contribution < 1.29 is 4.79 Å². The quantitative estimate of drug-likeness (QED) is 0.676. The molecule has 2 nitrogen and oxygen atoms in total. The second kappa shape index (κ2) is 5.41. The molecule has 0 amide bonds. The minimum atomic E-state index is 0.00803. The van der Waals surface area contributed by atoms with Crippen LogP contribution in [0.25, 0.3) is 11.3 Å². The molecule has 0 saturated carbocycles. The van der Waals surface area contributed by atoms with E-state index in [4.69, 9.17) is 0 Å². The summed E-state index contributed by atoms with van der Waals surface area (Å²) in [5, 5.41) is 0. The zero-order chi connectivity index (χ0) is 14.8. The van der Waals surface area contributed by atoms with Crippen LogP contribution in [-0.2, 0) is 0 Å². The Hall–Kier alpha value is -2.61. The van der Waals surface area contributed by atoms with Gasteiger partial charge in [0.15, 0.2) is 0 Å². The molecular weight excluding hydrogens is 258 g/mol. The zero-order valence-electron chi connectivity index (χ0n) is 12.2. The van der Waals surface area contributed by atoms with Crippen LogP contribution in [0.2, 0.25) is 0 Å². The van der Waals surface area contributed by atoms with Gasteiger partial charge in [0.2, 0.25) is 0 Å². The van der Waals surface area contributed by atoms with Gasteiger partial charge in [0.05, 0.1) is 5.69 Å². The molecule has 0 radical (unpaired) electrons. The van der Waals surface area contributed by atoms with Crippen molar-refractivity contribution >= 4 is 5.91 Å². The van der Waals surface area contributed by atoms with Crippen LogP contribution in [0.3, 0.4) is 0 Å². The third-order valence-corrected chi connectivity index (χ3v) is 3.65. The molecule has 104 valence electrons. The van der Waals surface area contributed by atoms with Gasteiger partial charge in [-0.15, -0.1) is 0 Å². The normalized spacial score (nSPS) is 10.6. The van der Waals surface area contributed by atoms with E-state index in [2.05, 4.69) is 31.2 Å². The second-order valence-electron chi connectivity index (χ2n) is 5.23. The molecule has 0 N–H and O–H groups in total. The summed E-state index contributed by atoms with van der Waals surface area (Å²) in [5.41, 5.74) is 4.84.